The zero-order chi connectivity index (χ0) is 20.1. The van der Waals surface area contributed by atoms with Crippen LogP contribution in [0.4, 0.5) is 0 Å². The number of carbonyl (C=O) groups is 1. The fourth-order valence-corrected chi connectivity index (χ4v) is 4.77. The molecule has 5 heterocycles. The largest absolute Gasteiger partial charge is 0.346 e. The first-order chi connectivity index (χ1) is 14.8. The number of piperidine rings is 1. The second kappa shape index (κ2) is 6.97. The maximum Gasteiger partial charge on any atom is 0.257 e. The third-order valence-corrected chi connectivity index (χ3v) is 6.79. The fourth-order valence-electron chi connectivity index (χ4n) is 4.77. The fraction of sp³-hybridized carbons (Fsp3) is 0.375. The Kier molecular flexibility index (Phi) is 4.11. The number of likely N-dealkylation sites (tertiary alicyclic amines) is 1. The molecule has 0 spiro atoms. The van der Waals surface area contributed by atoms with Gasteiger partial charge in [-0.05, 0) is 61.9 Å². The van der Waals surface area contributed by atoms with Crippen LogP contribution < -0.4 is 0 Å². The minimum absolute atomic E-state index is 0.0904. The molecule has 1 aliphatic heterocycles. The van der Waals surface area contributed by atoms with Crippen molar-refractivity contribution < 1.29 is 4.79 Å². The first kappa shape index (κ1) is 17.7. The predicted molar refractivity (Wildman–Crippen MR) is 117 cm³/mol. The monoisotopic (exact) mass is 399 g/mol. The van der Waals surface area contributed by atoms with Gasteiger partial charge in [0.25, 0.3) is 5.91 Å². The number of nitrogens with one attached hydrogen (secondary N) is 1. The molecule has 1 saturated heterocycles. The molecule has 0 radical (unpaired) electrons. The van der Waals surface area contributed by atoms with E-state index in [-0.39, 0.29) is 5.91 Å². The molecule has 6 rings (SSSR count). The molecular formula is C24H25N5O. The van der Waals surface area contributed by atoms with Crippen LogP contribution in [0.3, 0.4) is 0 Å². The van der Waals surface area contributed by atoms with Crippen molar-refractivity contribution in [3.8, 4) is 11.1 Å². The number of amides is 1. The number of nitrogens with zero attached hydrogens (tertiary/aromatic N) is 4. The van der Waals surface area contributed by atoms with Crippen LogP contribution in [0.25, 0.3) is 27.7 Å². The van der Waals surface area contributed by atoms with Gasteiger partial charge in [0.2, 0.25) is 0 Å². The van der Waals surface area contributed by atoms with Crippen molar-refractivity contribution in [3.05, 3.63) is 54.1 Å². The number of aromatic amines is 1. The van der Waals surface area contributed by atoms with Crippen molar-refractivity contribution >= 4 is 22.5 Å². The molecule has 6 nitrogen and oxygen atoms in total. The zero-order valence-electron chi connectivity index (χ0n) is 17.0. The Balaban J connectivity index is 1.39. The molecule has 6 heteroatoms. The highest BCUT2D eigenvalue weighted by Gasteiger charge is 2.23. The van der Waals surface area contributed by atoms with Crippen LogP contribution in [0, 0.1) is 0 Å². The van der Waals surface area contributed by atoms with E-state index in [9.17, 15) is 4.79 Å². The summed E-state index contributed by atoms with van der Waals surface area (Å²) >= 11 is 0. The summed E-state index contributed by atoms with van der Waals surface area (Å²) in [6, 6.07) is 8.48. The summed E-state index contributed by atoms with van der Waals surface area (Å²) in [4.78, 5) is 23.3. The molecule has 1 amide bonds. The normalized spacial score (nSPS) is 17.5. The molecule has 2 aliphatic rings. The smallest absolute Gasteiger partial charge is 0.257 e. The number of hydrogen-bond donors (Lipinski definition) is 1. The molecule has 1 aliphatic carbocycles. The van der Waals surface area contributed by atoms with E-state index >= 15 is 0 Å². The van der Waals surface area contributed by atoms with Crippen LogP contribution in [0.1, 0.15) is 60.5 Å². The van der Waals surface area contributed by atoms with Gasteiger partial charge < -0.3 is 9.88 Å². The van der Waals surface area contributed by atoms with Gasteiger partial charge in [0.1, 0.15) is 5.65 Å². The molecule has 30 heavy (non-hydrogen) atoms. The summed E-state index contributed by atoms with van der Waals surface area (Å²) in [7, 11) is 0. The SMILES string of the molecule is O=C(c1cnn2ccc(-c3c[nH]c4nc(C5CCC5)ccc34)cc12)N1CCCCC1. The number of carbonyl (C=O) groups excluding carboxylic acids is 1. The summed E-state index contributed by atoms with van der Waals surface area (Å²) in [6.45, 7) is 1.68. The first-order valence-corrected chi connectivity index (χ1v) is 11.0. The Morgan fingerprint density at radius 2 is 1.93 bits per heavy atom. The maximum absolute atomic E-state index is 13.1. The standard InChI is InChI=1S/C24H25N5O/c30-24(28-10-2-1-3-11-28)20-15-26-29-12-9-17(13-22(20)29)19-14-25-23-18(19)7-8-21(27-23)16-5-4-6-16/h7-9,12-16H,1-6,10-11H2,(H,25,27). The third kappa shape index (κ3) is 2.82. The Bertz CT molecular complexity index is 1240. The molecule has 0 bridgehead atoms. The van der Waals surface area contributed by atoms with Crippen molar-refractivity contribution in [1.29, 1.82) is 0 Å². The molecule has 0 atom stereocenters. The van der Waals surface area contributed by atoms with Gasteiger partial charge in [0.15, 0.2) is 0 Å². The van der Waals surface area contributed by atoms with E-state index in [0.717, 1.165) is 53.6 Å². The summed E-state index contributed by atoms with van der Waals surface area (Å²) in [5.41, 5.74) is 5.86. The maximum atomic E-state index is 13.1. The van der Waals surface area contributed by atoms with Crippen LogP contribution in [-0.2, 0) is 0 Å². The van der Waals surface area contributed by atoms with Crippen molar-refractivity contribution in [2.24, 2.45) is 0 Å². The number of pyridine rings is 2. The minimum atomic E-state index is 0.0904. The van der Waals surface area contributed by atoms with E-state index in [4.69, 9.17) is 4.98 Å². The van der Waals surface area contributed by atoms with Crippen LogP contribution >= 0.6 is 0 Å². The average Bonchev–Trinajstić information content (AvgIpc) is 3.36. The highest BCUT2D eigenvalue weighted by atomic mass is 16.2. The molecule has 4 aromatic heterocycles. The van der Waals surface area contributed by atoms with Crippen LogP contribution in [-0.4, -0.2) is 43.5 Å². The lowest BCUT2D eigenvalue weighted by Gasteiger charge is -2.26. The molecule has 0 aromatic carbocycles. The quantitative estimate of drug-likeness (QED) is 0.540. The van der Waals surface area contributed by atoms with E-state index in [2.05, 4.69) is 34.3 Å². The Labute approximate surface area is 174 Å². The van der Waals surface area contributed by atoms with Gasteiger partial charge in [-0.25, -0.2) is 9.50 Å². The van der Waals surface area contributed by atoms with Gasteiger partial charge in [-0.2, -0.15) is 5.10 Å². The minimum Gasteiger partial charge on any atom is -0.346 e. The van der Waals surface area contributed by atoms with Crippen LogP contribution in [0.2, 0.25) is 0 Å². The van der Waals surface area contributed by atoms with Crippen molar-refractivity contribution in [2.45, 2.75) is 44.4 Å². The van der Waals surface area contributed by atoms with E-state index in [1.54, 1.807) is 10.7 Å². The molecule has 4 aromatic rings. The summed E-state index contributed by atoms with van der Waals surface area (Å²) in [6.07, 6.45) is 12.9. The topological polar surface area (TPSA) is 66.3 Å². The summed E-state index contributed by atoms with van der Waals surface area (Å²) in [5, 5.41) is 5.53. The van der Waals surface area contributed by atoms with Crippen LogP contribution in [0.15, 0.2) is 42.9 Å². The third-order valence-electron chi connectivity index (χ3n) is 6.79. The van der Waals surface area contributed by atoms with E-state index < -0.39 is 0 Å². The predicted octanol–water partition coefficient (Wildman–Crippen LogP) is 4.77. The van der Waals surface area contributed by atoms with E-state index in [1.807, 2.05) is 17.3 Å². The Morgan fingerprint density at radius 1 is 1.07 bits per heavy atom. The molecule has 0 unspecified atom stereocenters. The number of hydrogen-bond acceptors (Lipinski definition) is 3. The van der Waals surface area contributed by atoms with Gasteiger partial charge in [-0.1, -0.05) is 6.42 Å². The van der Waals surface area contributed by atoms with Crippen LogP contribution in [0.5, 0.6) is 0 Å². The Hall–Kier alpha value is -3.15. The summed E-state index contributed by atoms with van der Waals surface area (Å²) in [5.74, 6) is 0.709. The van der Waals surface area contributed by atoms with Gasteiger partial charge in [-0.3, -0.25) is 4.79 Å². The highest BCUT2D eigenvalue weighted by molar-refractivity contribution is 6.02. The molecule has 1 saturated carbocycles. The van der Waals surface area contributed by atoms with Crippen molar-refractivity contribution in [1.82, 2.24) is 24.5 Å². The number of H-pyrrole nitrogens is 1. The second-order valence-corrected chi connectivity index (χ2v) is 8.62. The van der Waals surface area contributed by atoms with E-state index in [1.165, 1.54) is 31.4 Å². The number of fused-ring (bicyclic) bond motifs is 2. The Morgan fingerprint density at radius 3 is 2.73 bits per heavy atom. The number of rotatable bonds is 3. The molecular weight excluding hydrogens is 374 g/mol. The lowest BCUT2D eigenvalue weighted by molar-refractivity contribution is 0.0726. The van der Waals surface area contributed by atoms with Crippen molar-refractivity contribution in [2.75, 3.05) is 13.1 Å². The molecule has 1 N–H and O–H groups in total. The van der Waals surface area contributed by atoms with Gasteiger partial charge in [0.05, 0.1) is 17.3 Å². The lowest BCUT2D eigenvalue weighted by Crippen LogP contribution is -2.35. The average molecular weight is 399 g/mol. The lowest BCUT2D eigenvalue weighted by atomic mass is 9.82. The van der Waals surface area contributed by atoms with E-state index in [0.29, 0.717) is 11.5 Å². The van der Waals surface area contributed by atoms with Crippen molar-refractivity contribution in [3.63, 3.8) is 0 Å². The second-order valence-electron chi connectivity index (χ2n) is 8.62. The number of aromatic nitrogens is 4. The molecule has 152 valence electrons. The highest BCUT2D eigenvalue weighted by Crippen LogP contribution is 2.37. The van der Waals surface area contributed by atoms with Gasteiger partial charge >= 0.3 is 0 Å². The van der Waals surface area contributed by atoms with Gasteiger partial charge in [0, 0.05) is 48.0 Å². The zero-order valence-corrected chi connectivity index (χ0v) is 17.0. The molecule has 2 fully saturated rings. The summed E-state index contributed by atoms with van der Waals surface area (Å²) < 4.78 is 1.79. The van der Waals surface area contributed by atoms with Gasteiger partial charge in [-0.15, -0.1) is 0 Å². The first-order valence-electron chi connectivity index (χ1n) is 11.0.